The smallest absolute Gasteiger partial charge is 0.393 e. The first kappa shape index (κ1) is 23.5. The summed E-state index contributed by atoms with van der Waals surface area (Å²) in [6, 6.07) is 6.25. The van der Waals surface area contributed by atoms with Crippen molar-refractivity contribution in [3.63, 3.8) is 0 Å². The normalized spacial score (nSPS) is 20.0. The predicted molar refractivity (Wildman–Crippen MR) is 119 cm³/mol. The van der Waals surface area contributed by atoms with Gasteiger partial charge >= 0.3 is 6.18 Å². The molecule has 2 aromatic heterocycles. The Labute approximate surface area is 191 Å². The molecule has 3 heterocycles. The van der Waals surface area contributed by atoms with Crippen LogP contribution in [0.3, 0.4) is 0 Å². The van der Waals surface area contributed by atoms with Crippen LogP contribution in [0, 0.1) is 0 Å². The number of fused-ring (bicyclic) bond motifs is 1. The lowest BCUT2D eigenvalue weighted by atomic mass is 10.1. The van der Waals surface area contributed by atoms with Gasteiger partial charge in [-0.15, -0.1) is 11.3 Å². The molecule has 7 nitrogen and oxygen atoms in total. The van der Waals surface area contributed by atoms with Crippen molar-refractivity contribution in [3.8, 4) is 0 Å². The molecular weight excluding hydrogens is 462 g/mol. The summed E-state index contributed by atoms with van der Waals surface area (Å²) in [4.78, 5) is 5.40. The average Bonchev–Trinajstić information content (AvgIpc) is 3.47. The van der Waals surface area contributed by atoms with Crippen LogP contribution < -0.4 is 10.6 Å². The molecule has 3 N–H and O–H groups in total. The van der Waals surface area contributed by atoms with E-state index in [9.17, 15) is 22.7 Å². The van der Waals surface area contributed by atoms with Gasteiger partial charge in [0.2, 0.25) is 0 Å². The summed E-state index contributed by atoms with van der Waals surface area (Å²) in [5.41, 5.74) is 0.657. The number of nitrogens with one attached hydrogen (secondary N) is 2. The van der Waals surface area contributed by atoms with Gasteiger partial charge in [0.25, 0.3) is 0 Å². The topological polar surface area (TPSA) is 83.7 Å². The molecule has 1 aromatic carbocycles. The van der Waals surface area contributed by atoms with E-state index in [4.69, 9.17) is 4.84 Å². The number of anilines is 1. The van der Waals surface area contributed by atoms with Crippen molar-refractivity contribution in [1.82, 2.24) is 15.1 Å². The van der Waals surface area contributed by atoms with Crippen LogP contribution in [0.15, 0.2) is 41.8 Å². The Hall–Kier alpha value is -2.70. The number of hydrogen-bond donors (Lipinski definition) is 3. The summed E-state index contributed by atoms with van der Waals surface area (Å²) >= 11 is 1.13. The van der Waals surface area contributed by atoms with Gasteiger partial charge < -0.3 is 20.6 Å². The molecule has 4 rings (SSSR count). The third-order valence-electron chi connectivity index (χ3n) is 5.18. The second kappa shape index (κ2) is 10.1. The Morgan fingerprint density at radius 3 is 2.91 bits per heavy atom. The summed E-state index contributed by atoms with van der Waals surface area (Å²) in [5.74, 6) is 0. The summed E-state index contributed by atoms with van der Waals surface area (Å²) < 4.78 is 56.0. The SMILES string of the molecule is OC(CO/N=C/c1sc2c(N[C@@H]3CNC[C@@H]3F)cccc2c1CC(F)(F)F)Cn1cccn1. The van der Waals surface area contributed by atoms with Crippen LogP contribution in [0.25, 0.3) is 10.1 Å². The van der Waals surface area contributed by atoms with Crippen LogP contribution in [0.1, 0.15) is 10.4 Å². The molecule has 0 saturated carbocycles. The number of aliphatic hydroxyl groups is 1. The van der Waals surface area contributed by atoms with Crippen molar-refractivity contribution in [1.29, 1.82) is 0 Å². The van der Waals surface area contributed by atoms with Crippen molar-refractivity contribution < 1.29 is 27.5 Å². The van der Waals surface area contributed by atoms with Gasteiger partial charge in [-0.25, -0.2) is 4.39 Å². The monoisotopic (exact) mass is 485 g/mol. The van der Waals surface area contributed by atoms with Crippen LogP contribution in [0.2, 0.25) is 0 Å². The highest BCUT2D eigenvalue weighted by molar-refractivity contribution is 7.21. The molecule has 0 radical (unpaired) electrons. The van der Waals surface area contributed by atoms with Crippen LogP contribution >= 0.6 is 11.3 Å². The van der Waals surface area contributed by atoms with E-state index in [0.29, 0.717) is 27.2 Å². The van der Waals surface area contributed by atoms with E-state index in [-0.39, 0.29) is 25.3 Å². The standard InChI is InChI=1S/C21H23F4N5O2S/c22-16-8-26-9-18(16)29-17-4-1-3-14-15(7-21(23,24)25)19(33-20(14)17)10-28-32-12-13(31)11-30-6-2-5-27-30/h1-6,10,13,16,18,26,29,31H,7-9,11-12H2/b28-10+/t13?,16-,18+/m0/s1. The third-order valence-corrected chi connectivity index (χ3v) is 6.39. The van der Waals surface area contributed by atoms with Crippen molar-refractivity contribution in [3.05, 3.63) is 47.1 Å². The number of hydrogen-bond acceptors (Lipinski definition) is 7. The maximum Gasteiger partial charge on any atom is 0.393 e. The number of oxime groups is 1. The first-order valence-corrected chi connectivity index (χ1v) is 11.1. The Morgan fingerprint density at radius 2 is 2.21 bits per heavy atom. The molecule has 3 atom stereocenters. The molecule has 1 aliphatic rings. The molecule has 33 heavy (non-hydrogen) atoms. The van der Waals surface area contributed by atoms with Crippen LogP contribution in [-0.2, 0) is 17.8 Å². The van der Waals surface area contributed by atoms with E-state index < -0.39 is 30.9 Å². The number of aliphatic hydroxyl groups excluding tert-OH is 1. The van der Waals surface area contributed by atoms with Gasteiger partial charge in [0.1, 0.15) is 18.9 Å². The van der Waals surface area contributed by atoms with Gasteiger partial charge in [-0.1, -0.05) is 17.3 Å². The fourth-order valence-electron chi connectivity index (χ4n) is 3.67. The van der Waals surface area contributed by atoms with E-state index in [2.05, 4.69) is 20.9 Å². The molecule has 0 bridgehead atoms. The Bertz CT molecular complexity index is 1090. The lowest BCUT2D eigenvalue weighted by Crippen LogP contribution is -2.29. The third kappa shape index (κ3) is 6.01. The fourth-order valence-corrected chi connectivity index (χ4v) is 4.83. The molecule has 1 aliphatic heterocycles. The number of benzene rings is 1. The molecule has 0 aliphatic carbocycles. The maximum absolute atomic E-state index is 14.0. The van der Waals surface area contributed by atoms with Gasteiger partial charge in [-0.2, -0.15) is 18.3 Å². The van der Waals surface area contributed by atoms with E-state index in [1.807, 2.05) is 0 Å². The highest BCUT2D eigenvalue weighted by Crippen LogP contribution is 2.39. The fraction of sp³-hybridized carbons (Fsp3) is 0.429. The molecule has 0 spiro atoms. The minimum Gasteiger partial charge on any atom is -0.393 e. The molecule has 1 saturated heterocycles. The summed E-state index contributed by atoms with van der Waals surface area (Å²) in [6.07, 6.45) is -3.02. The second-order valence-corrected chi connectivity index (χ2v) is 8.81. The van der Waals surface area contributed by atoms with Gasteiger partial charge in [0.15, 0.2) is 0 Å². The lowest BCUT2D eigenvalue weighted by Gasteiger charge is -2.16. The van der Waals surface area contributed by atoms with E-state index in [1.165, 1.54) is 10.9 Å². The van der Waals surface area contributed by atoms with Gasteiger partial charge in [-0.05, 0) is 23.1 Å². The quantitative estimate of drug-likeness (QED) is 0.246. The molecule has 1 unspecified atom stereocenters. The molecule has 12 heteroatoms. The minimum absolute atomic E-state index is 0.0805. The van der Waals surface area contributed by atoms with Crippen LogP contribution in [0.4, 0.5) is 23.2 Å². The highest BCUT2D eigenvalue weighted by atomic mass is 32.1. The number of alkyl halides is 4. The molecule has 0 amide bonds. The summed E-state index contributed by atoms with van der Waals surface area (Å²) in [6.45, 7) is 0.723. The zero-order valence-corrected chi connectivity index (χ0v) is 18.2. The van der Waals surface area contributed by atoms with E-state index >= 15 is 0 Å². The molecular formula is C21H23F4N5O2S. The van der Waals surface area contributed by atoms with Gasteiger partial charge in [0.05, 0.1) is 40.5 Å². The number of rotatable bonds is 9. The Kier molecular flexibility index (Phi) is 7.15. The largest absolute Gasteiger partial charge is 0.393 e. The second-order valence-electron chi connectivity index (χ2n) is 7.76. The summed E-state index contributed by atoms with van der Waals surface area (Å²) in [5, 5.41) is 24.2. The van der Waals surface area contributed by atoms with Crippen molar-refractivity contribution in [2.45, 2.75) is 37.5 Å². The lowest BCUT2D eigenvalue weighted by molar-refractivity contribution is -0.126. The van der Waals surface area contributed by atoms with Gasteiger partial charge in [-0.3, -0.25) is 4.68 Å². The van der Waals surface area contributed by atoms with E-state index in [0.717, 1.165) is 11.3 Å². The molecule has 1 fully saturated rings. The Morgan fingerprint density at radius 1 is 1.36 bits per heavy atom. The van der Waals surface area contributed by atoms with E-state index in [1.54, 1.807) is 36.7 Å². The zero-order chi connectivity index (χ0) is 23.4. The number of aromatic nitrogens is 2. The van der Waals surface area contributed by atoms with Crippen molar-refractivity contribution in [2.75, 3.05) is 25.0 Å². The molecule has 3 aromatic rings. The number of nitrogens with zero attached hydrogens (tertiary/aromatic N) is 3. The average molecular weight is 486 g/mol. The maximum atomic E-state index is 14.0. The predicted octanol–water partition coefficient (Wildman–Crippen LogP) is 3.34. The molecule has 178 valence electrons. The zero-order valence-electron chi connectivity index (χ0n) is 17.4. The van der Waals surface area contributed by atoms with Crippen molar-refractivity contribution >= 4 is 33.3 Å². The number of halogens is 4. The Balaban J connectivity index is 1.53. The first-order valence-electron chi connectivity index (χ1n) is 10.3. The van der Waals surface area contributed by atoms with Gasteiger partial charge in [0, 0.05) is 25.5 Å². The van der Waals surface area contributed by atoms with Crippen LogP contribution in [-0.4, -0.2) is 65.3 Å². The number of thiophene rings is 1. The van der Waals surface area contributed by atoms with Crippen LogP contribution in [0.5, 0.6) is 0 Å². The minimum atomic E-state index is -4.42. The van der Waals surface area contributed by atoms with Crippen molar-refractivity contribution in [2.24, 2.45) is 5.16 Å². The highest BCUT2D eigenvalue weighted by Gasteiger charge is 2.32. The summed E-state index contributed by atoms with van der Waals surface area (Å²) in [7, 11) is 0. The first-order chi connectivity index (χ1) is 15.8.